The minimum atomic E-state index is -1.17. The summed E-state index contributed by atoms with van der Waals surface area (Å²) < 4.78 is 26.7. The van der Waals surface area contributed by atoms with Crippen molar-refractivity contribution in [1.29, 1.82) is 0 Å². The van der Waals surface area contributed by atoms with Crippen molar-refractivity contribution in [1.82, 2.24) is 4.90 Å². The molecule has 0 aliphatic heterocycles. The van der Waals surface area contributed by atoms with Crippen molar-refractivity contribution in [3.63, 3.8) is 0 Å². The largest absolute Gasteiger partial charge is 0.479 e. The van der Waals surface area contributed by atoms with E-state index in [2.05, 4.69) is 0 Å². The van der Waals surface area contributed by atoms with E-state index >= 15 is 0 Å². The van der Waals surface area contributed by atoms with Crippen molar-refractivity contribution in [2.24, 2.45) is 0 Å². The number of carboxylic acid groups (broad SMARTS) is 1. The van der Waals surface area contributed by atoms with Gasteiger partial charge in [-0.3, -0.25) is 4.79 Å². The van der Waals surface area contributed by atoms with Crippen LogP contribution in [-0.4, -0.2) is 34.5 Å². The Bertz CT molecular complexity index is 598. The maximum absolute atomic E-state index is 13.6. The molecule has 23 heavy (non-hydrogen) atoms. The third kappa shape index (κ3) is 3.68. The van der Waals surface area contributed by atoms with Gasteiger partial charge in [0.25, 0.3) is 0 Å². The van der Waals surface area contributed by atoms with Crippen LogP contribution in [0, 0.1) is 11.6 Å². The molecule has 1 aliphatic carbocycles. The van der Waals surface area contributed by atoms with Gasteiger partial charge in [-0.25, -0.2) is 13.6 Å². The molecule has 6 heteroatoms. The molecule has 0 radical (unpaired) electrons. The first-order valence-electron chi connectivity index (χ1n) is 7.81. The monoisotopic (exact) mass is 325 g/mol. The number of hydrogen-bond acceptors (Lipinski definition) is 2. The maximum Gasteiger partial charge on any atom is 0.329 e. The molecule has 1 saturated carbocycles. The zero-order valence-electron chi connectivity index (χ0n) is 13.1. The van der Waals surface area contributed by atoms with Crippen molar-refractivity contribution < 1.29 is 23.5 Å². The van der Waals surface area contributed by atoms with Gasteiger partial charge in [0, 0.05) is 13.5 Å². The molecule has 0 heterocycles. The Kier molecular flexibility index (Phi) is 5.34. The van der Waals surface area contributed by atoms with E-state index in [0.717, 1.165) is 37.5 Å². The van der Waals surface area contributed by atoms with Gasteiger partial charge in [-0.2, -0.15) is 0 Å². The van der Waals surface area contributed by atoms with Gasteiger partial charge in [-0.15, -0.1) is 0 Å². The molecule has 0 unspecified atom stereocenters. The van der Waals surface area contributed by atoms with Gasteiger partial charge in [-0.1, -0.05) is 19.3 Å². The van der Waals surface area contributed by atoms with Gasteiger partial charge in [0.15, 0.2) is 0 Å². The molecule has 0 aromatic heterocycles. The minimum absolute atomic E-state index is 0.0441. The molecule has 1 amide bonds. The highest BCUT2D eigenvalue weighted by Gasteiger charge is 2.45. The normalized spacial score (nSPS) is 16.8. The Labute approximate surface area is 134 Å². The Morgan fingerprint density at radius 3 is 2.48 bits per heavy atom. The number of benzene rings is 1. The van der Waals surface area contributed by atoms with E-state index in [4.69, 9.17) is 0 Å². The van der Waals surface area contributed by atoms with Gasteiger partial charge in [0.2, 0.25) is 5.91 Å². The lowest BCUT2D eigenvalue weighted by atomic mass is 9.80. The van der Waals surface area contributed by atoms with Crippen LogP contribution in [0.2, 0.25) is 0 Å². The summed E-state index contributed by atoms with van der Waals surface area (Å²) in [5, 5.41) is 9.57. The molecule has 1 aromatic rings. The molecule has 126 valence electrons. The van der Waals surface area contributed by atoms with Gasteiger partial charge >= 0.3 is 5.97 Å². The fourth-order valence-electron chi connectivity index (χ4n) is 3.21. The topological polar surface area (TPSA) is 57.6 Å². The smallest absolute Gasteiger partial charge is 0.329 e. The SMILES string of the molecule is CN(C(=O)CCc1cc(F)ccc1F)C1(C(=O)O)CCCCC1. The fraction of sp³-hybridized carbons (Fsp3) is 0.529. The average molecular weight is 325 g/mol. The third-order valence-corrected chi connectivity index (χ3v) is 4.71. The van der Waals surface area contributed by atoms with Crippen molar-refractivity contribution in [3.8, 4) is 0 Å². The number of carbonyl (C=O) groups excluding carboxylic acids is 1. The van der Waals surface area contributed by atoms with Crippen LogP contribution in [0.5, 0.6) is 0 Å². The van der Waals surface area contributed by atoms with Crippen LogP contribution in [0.15, 0.2) is 18.2 Å². The third-order valence-electron chi connectivity index (χ3n) is 4.71. The van der Waals surface area contributed by atoms with Crippen molar-refractivity contribution >= 4 is 11.9 Å². The summed E-state index contributed by atoms with van der Waals surface area (Å²) in [6, 6.07) is 3.11. The van der Waals surface area contributed by atoms with E-state index in [0.29, 0.717) is 12.8 Å². The lowest BCUT2D eigenvalue weighted by Crippen LogP contribution is -2.56. The lowest BCUT2D eigenvalue weighted by Gasteiger charge is -2.41. The van der Waals surface area contributed by atoms with Crippen LogP contribution in [-0.2, 0) is 16.0 Å². The standard InChI is InChI=1S/C17H21F2NO3/c1-20(17(16(22)23)9-3-2-4-10-17)15(21)8-5-12-11-13(18)6-7-14(12)19/h6-7,11H,2-5,8-10H2,1H3,(H,22,23). The number of amides is 1. The number of aliphatic carboxylic acids is 1. The summed E-state index contributed by atoms with van der Waals surface area (Å²) >= 11 is 0. The molecule has 4 nitrogen and oxygen atoms in total. The van der Waals surface area contributed by atoms with Crippen LogP contribution in [0.3, 0.4) is 0 Å². The first-order valence-corrected chi connectivity index (χ1v) is 7.81. The van der Waals surface area contributed by atoms with Crippen LogP contribution in [0.4, 0.5) is 8.78 Å². The van der Waals surface area contributed by atoms with E-state index in [1.165, 1.54) is 11.9 Å². The molecule has 0 spiro atoms. The van der Waals surface area contributed by atoms with Gasteiger partial charge < -0.3 is 10.0 Å². The summed E-state index contributed by atoms with van der Waals surface area (Å²) in [6.07, 6.45) is 3.35. The summed E-state index contributed by atoms with van der Waals surface area (Å²) in [5.74, 6) is -2.48. The molecular formula is C17H21F2NO3. The Morgan fingerprint density at radius 2 is 1.87 bits per heavy atom. The molecule has 1 fully saturated rings. The van der Waals surface area contributed by atoms with E-state index in [1.54, 1.807) is 0 Å². The van der Waals surface area contributed by atoms with Gasteiger partial charge in [0.05, 0.1) is 0 Å². The second-order valence-electron chi connectivity index (χ2n) is 6.09. The Morgan fingerprint density at radius 1 is 1.22 bits per heavy atom. The molecule has 1 aromatic carbocycles. The Hall–Kier alpha value is -1.98. The number of halogens is 2. The molecule has 0 atom stereocenters. The fourth-order valence-corrected chi connectivity index (χ4v) is 3.21. The van der Waals surface area contributed by atoms with Crippen LogP contribution in [0.25, 0.3) is 0 Å². The summed E-state index contributed by atoms with van der Waals surface area (Å²) in [4.78, 5) is 25.3. The van der Waals surface area contributed by atoms with E-state index in [-0.39, 0.29) is 24.3 Å². The molecule has 1 N–H and O–H groups in total. The zero-order chi connectivity index (χ0) is 17.0. The zero-order valence-corrected chi connectivity index (χ0v) is 13.1. The van der Waals surface area contributed by atoms with Gasteiger partial charge in [0.1, 0.15) is 17.2 Å². The van der Waals surface area contributed by atoms with Crippen molar-refractivity contribution in [2.75, 3.05) is 7.05 Å². The summed E-state index contributed by atoms with van der Waals surface area (Å²) in [6.45, 7) is 0. The first-order chi connectivity index (χ1) is 10.9. The van der Waals surface area contributed by atoms with Gasteiger partial charge in [-0.05, 0) is 43.0 Å². The highest BCUT2D eigenvalue weighted by molar-refractivity contribution is 5.87. The quantitative estimate of drug-likeness (QED) is 0.905. The highest BCUT2D eigenvalue weighted by Crippen LogP contribution is 2.33. The van der Waals surface area contributed by atoms with E-state index < -0.39 is 23.1 Å². The predicted molar refractivity (Wildman–Crippen MR) is 80.9 cm³/mol. The van der Waals surface area contributed by atoms with Crippen molar-refractivity contribution in [3.05, 3.63) is 35.4 Å². The predicted octanol–water partition coefficient (Wildman–Crippen LogP) is 3.14. The number of hydrogen-bond donors (Lipinski definition) is 1. The second-order valence-corrected chi connectivity index (χ2v) is 6.09. The molecular weight excluding hydrogens is 304 g/mol. The Balaban J connectivity index is 2.07. The highest BCUT2D eigenvalue weighted by atomic mass is 19.1. The lowest BCUT2D eigenvalue weighted by molar-refractivity contribution is -0.160. The van der Waals surface area contributed by atoms with Crippen LogP contribution >= 0.6 is 0 Å². The van der Waals surface area contributed by atoms with Crippen LogP contribution < -0.4 is 0 Å². The maximum atomic E-state index is 13.6. The van der Waals surface area contributed by atoms with E-state index in [1.807, 2.05) is 0 Å². The number of nitrogens with zero attached hydrogens (tertiary/aromatic N) is 1. The number of carboxylic acids is 1. The molecule has 2 rings (SSSR count). The van der Waals surface area contributed by atoms with Crippen molar-refractivity contribution in [2.45, 2.75) is 50.5 Å². The first kappa shape index (κ1) is 17.4. The number of rotatable bonds is 5. The molecule has 0 bridgehead atoms. The van der Waals surface area contributed by atoms with E-state index in [9.17, 15) is 23.5 Å². The minimum Gasteiger partial charge on any atom is -0.479 e. The molecule has 0 saturated heterocycles. The number of aryl methyl sites for hydroxylation is 1. The average Bonchev–Trinajstić information content (AvgIpc) is 2.55. The number of likely N-dealkylation sites (N-methyl/N-ethyl adjacent to an activating group) is 1. The molecule has 1 aliphatic rings. The van der Waals surface area contributed by atoms with Crippen LogP contribution in [0.1, 0.15) is 44.1 Å². The second kappa shape index (κ2) is 7.06. The number of carbonyl (C=O) groups is 2. The summed E-state index contributed by atoms with van der Waals surface area (Å²) in [7, 11) is 1.49. The summed E-state index contributed by atoms with van der Waals surface area (Å²) in [5.41, 5.74) is -1.05.